The van der Waals surface area contributed by atoms with Crippen molar-refractivity contribution < 1.29 is 5.11 Å². The molecule has 1 rings (SSSR count). The number of aliphatic hydroxyl groups excluding tert-OH is 1. The fourth-order valence-corrected chi connectivity index (χ4v) is 2.54. The van der Waals surface area contributed by atoms with Crippen molar-refractivity contribution in [3.8, 4) is 0 Å². The van der Waals surface area contributed by atoms with Gasteiger partial charge in [0.25, 0.3) is 0 Å². The highest BCUT2D eigenvalue weighted by Crippen LogP contribution is 2.29. The zero-order valence-corrected chi connectivity index (χ0v) is 11.2. The first-order valence-corrected chi connectivity index (χ1v) is 6.93. The summed E-state index contributed by atoms with van der Waals surface area (Å²) in [5.74, 6) is 1.40. The van der Waals surface area contributed by atoms with Crippen LogP contribution in [0.3, 0.4) is 0 Å². The summed E-state index contributed by atoms with van der Waals surface area (Å²) in [5, 5.41) is 8.87. The summed E-state index contributed by atoms with van der Waals surface area (Å²) < 4.78 is 0. The Morgan fingerprint density at radius 3 is 2.41 bits per heavy atom. The molecule has 0 aliphatic rings. The maximum Gasteiger partial charge on any atom is 0.0431 e. The molecule has 0 heterocycles. The maximum absolute atomic E-state index is 8.87. The highest BCUT2D eigenvalue weighted by molar-refractivity contribution is 5.19. The van der Waals surface area contributed by atoms with Crippen molar-refractivity contribution >= 4 is 0 Å². The monoisotopic (exact) mass is 234 g/mol. The van der Waals surface area contributed by atoms with E-state index in [2.05, 4.69) is 44.2 Å². The number of aliphatic hydroxyl groups is 1. The second-order valence-electron chi connectivity index (χ2n) is 5.10. The molecule has 0 aliphatic carbocycles. The summed E-state index contributed by atoms with van der Waals surface area (Å²) in [7, 11) is 0. The van der Waals surface area contributed by atoms with Crippen molar-refractivity contribution in [3.05, 3.63) is 35.9 Å². The summed E-state index contributed by atoms with van der Waals surface area (Å²) in [6.07, 6.45) is 5.84. The van der Waals surface area contributed by atoms with Gasteiger partial charge in [-0.15, -0.1) is 0 Å². The second kappa shape index (κ2) is 8.30. The van der Waals surface area contributed by atoms with Gasteiger partial charge in [-0.1, -0.05) is 50.6 Å². The van der Waals surface area contributed by atoms with Crippen LogP contribution < -0.4 is 0 Å². The third kappa shape index (κ3) is 5.36. The largest absolute Gasteiger partial charge is 0.396 e. The molecule has 96 valence electrons. The van der Waals surface area contributed by atoms with Crippen LogP contribution in [0.25, 0.3) is 0 Å². The fraction of sp³-hybridized carbons (Fsp3) is 0.625. The molecule has 1 nitrogen and oxygen atoms in total. The molecule has 2 unspecified atom stereocenters. The van der Waals surface area contributed by atoms with Gasteiger partial charge >= 0.3 is 0 Å². The minimum atomic E-state index is 0.328. The molecule has 0 spiro atoms. The Morgan fingerprint density at radius 1 is 1.12 bits per heavy atom. The normalized spacial score (nSPS) is 14.5. The standard InChI is InChI=1S/C16H26O/c1-3-8-16(13-14(2)9-7-12-17)15-10-5-4-6-11-15/h4-6,10-11,14,16-17H,3,7-9,12-13H2,1-2H3. The third-order valence-corrected chi connectivity index (χ3v) is 3.45. The molecule has 0 radical (unpaired) electrons. The summed E-state index contributed by atoms with van der Waals surface area (Å²) in [6.45, 7) is 4.89. The zero-order chi connectivity index (χ0) is 12.5. The summed E-state index contributed by atoms with van der Waals surface area (Å²) >= 11 is 0. The third-order valence-electron chi connectivity index (χ3n) is 3.45. The summed E-state index contributed by atoms with van der Waals surface area (Å²) in [5.41, 5.74) is 1.48. The van der Waals surface area contributed by atoms with Gasteiger partial charge in [0, 0.05) is 6.61 Å². The van der Waals surface area contributed by atoms with E-state index in [9.17, 15) is 0 Å². The van der Waals surface area contributed by atoms with E-state index >= 15 is 0 Å². The van der Waals surface area contributed by atoms with E-state index in [-0.39, 0.29) is 0 Å². The SMILES string of the molecule is CCCC(CC(C)CCCO)c1ccccc1. The predicted octanol–water partition coefficient (Wildman–Crippen LogP) is 4.37. The van der Waals surface area contributed by atoms with Crippen molar-refractivity contribution in [1.82, 2.24) is 0 Å². The lowest BCUT2D eigenvalue weighted by molar-refractivity contribution is 0.268. The van der Waals surface area contributed by atoms with Gasteiger partial charge in [-0.05, 0) is 43.1 Å². The molecule has 1 aromatic carbocycles. The number of hydrogen-bond acceptors (Lipinski definition) is 1. The van der Waals surface area contributed by atoms with Crippen LogP contribution in [0.2, 0.25) is 0 Å². The highest BCUT2D eigenvalue weighted by atomic mass is 16.2. The van der Waals surface area contributed by atoms with Gasteiger partial charge in [0.1, 0.15) is 0 Å². The van der Waals surface area contributed by atoms with Crippen LogP contribution in [0.5, 0.6) is 0 Å². The van der Waals surface area contributed by atoms with Crippen molar-refractivity contribution in [3.63, 3.8) is 0 Å². The van der Waals surface area contributed by atoms with Crippen LogP contribution >= 0.6 is 0 Å². The Balaban J connectivity index is 2.54. The molecule has 0 fully saturated rings. The maximum atomic E-state index is 8.87. The van der Waals surface area contributed by atoms with Gasteiger partial charge < -0.3 is 5.11 Å². The lowest BCUT2D eigenvalue weighted by atomic mass is 9.85. The Bertz CT molecular complexity index is 281. The quantitative estimate of drug-likeness (QED) is 0.708. The molecule has 0 aliphatic heterocycles. The molecule has 0 saturated carbocycles. The lowest BCUT2D eigenvalue weighted by Crippen LogP contribution is -2.06. The molecule has 2 atom stereocenters. The first kappa shape index (κ1) is 14.2. The first-order chi connectivity index (χ1) is 8.27. The zero-order valence-electron chi connectivity index (χ0n) is 11.2. The van der Waals surface area contributed by atoms with Gasteiger partial charge in [0.15, 0.2) is 0 Å². The van der Waals surface area contributed by atoms with Gasteiger partial charge in [-0.2, -0.15) is 0 Å². The molecular formula is C16H26O. The molecule has 1 N–H and O–H groups in total. The Morgan fingerprint density at radius 2 is 1.82 bits per heavy atom. The van der Waals surface area contributed by atoms with E-state index in [0.717, 1.165) is 12.8 Å². The minimum Gasteiger partial charge on any atom is -0.396 e. The smallest absolute Gasteiger partial charge is 0.0431 e. The van der Waals surface area contributed by atoms with E-state index in [1.165, 1.54) is 24.8 Å². The van der Waals surface area contributed by atoms with Crippen molar-refractivity contribution in [2.45, 2.75) is 51.9 Å². The Labute approximate surface area is 106 Å². The van der Waals surface area contributed by atoms with Crippen molar-refractivity contribution in [2.75, 3.05) is 6.61 Å². The molecule has 17 heavy (non-hydrogen) atoms. The number of rotatable bonds is 8. The molecule has 0 saturated heterocycles. The van der Waals surface area contributed by atoms with Crippen molar-refractivity contribution in [2.24, 2.45) is 5.92 Å². The van der Waals surface area contributed by atoms with Crippen LogP contribution in [-0.4, -0.2) is 11.7 Å². The average Bonchev–Trinajstić information content (AvgIpc) is 2.37. The average molecular weight is 234 g/mol. The van der Waals surface area contributed by atoms with Gasteiger partial charge in [0.05, 0.1) is 0 Å². The molecule has 0 aromatic heterocycles. The molecule has 0 bridgehead atoms. The Kier molecular flexibility index (Phi) is 6.95. The fourth-order valence-electron chi connectivity index (χ4n) is 2.54. The topological polar surface area (TPSA) is 20.2 Å². The van der Waals surface area contributed by atoms with Crippen LogP contribution in [-0.2, 0) is 0 Å². The van der Waals surface area contributed by atoms with Crippen LogP contribution in [0.1, 0.15) is 57.4 Å². The van der Waals surface area contributed by atoms with Crippen LogP contribution in [0.15, 0.2) is 30.3 Å². The van der Waals surface area contributed by atoms with E-state index in [1.807, 2.05) is 0 Å². The van der Waals surface area contributed by atoms with E-state index in [4.69, 9.17) is 5.11 Å². The van der Waals surface area contributed by atoms with Gasteiger partial charge in [-0.3, -0.25) is 0 Å². The number of benzene rings is 1. The van der Waals surface area contributed by atoms with Crippen LogP contribution in [0.4, 0.5) is 0 Å². The lowest BCUT2D eigenvalue weighted by Gasteiger charge is -2.21. The molecule has 1 heteroatoms. The van der Waals surface area contributed by atoms with Crippen molar-refractivity contribution in [1.29, 1.82) is 0 Å². The van der Waals surface area contributed by atoms with Crippen LogP contribution in [0, 0.1) is 5.92 Å². The first-order valence-electron chi connectivity index (χ1n) is 6.93. The van der Waals surface area contributed by atoms with Gasteiger partial charge in [-0.25, -0.2) is 0 Å². The molecule has 1 aromatic rings. The second-order valence-corrected chi connectivity index (χ2v) is 5.10. The predicted molar refractivity (Wildman–Crippen MR) is 74.2 cm³/mol. The minimum absolute atomic E-state index is 0.328. The van der Waals surface area contributed by atoms with E-state index in [0.29, 0.717) is 18.4 Å². The van der Waals surface area contributed by atoms with Gasteiger partial charge in [0.2, 0.25) is 0 Å². The summed E-state index contributed by atoms with van der Waals surface area (Å²) in [4.78, 5) is 0. The Hall–Kier alpha value is -0.820. The highest BCUT2D eigenvalue weighted by Gasteiger charge is 2.14. The van der Waals surface area contributed by atoms with E-state index < -0.39 is 0 Å². The number of hydrogen-bond donors (Lipinski definition) is 1. The molecular weight excluding hydrogens is 208 g/mol. The van der Waals surface area contributed by atoms with E-state index in [1.54, 1.807) is 0 Å². The molecule has 0 amide bonds. The summed E-state index contributed by atoms with van der Waals surface area (Å²) in [6, 6.07) is 10.9.